The zero-order valence-corrected chi connectivity index (χ0v) is 18.5. The quantitative estimate of drug-likeness (QED) is 0.577. The van der Waals surface area contributed by atoms with Crippen molar-refractivity contribution in [2.75, 3.05) is 7.11 Å². The molecule has 0 saturated carbocycles. The Bertz CT molecular complexity index is 1390. The molecule has 160 valence electrons. The van der Waals surface area contributed by atoms with Crippen molar-refractivity contribution in [3.05, 3.63) is 67.0 Å². The number of hydrogen-bond acceptors (Lipinski definition) is 7. The van der Waals surface area contributed by atoms with Gasteiger partial charge in [0.15, 0.2) is 4.80 Å². The standard InChI is InChI=1S/C22H22N4O4S/c1-5-25-11-13(12(2)24-25)10-16-19(27)26-18-14-8-6-7-9-15(14)30-22(3,23-21(26)31-16)17(18)20(28)29-4/h6-11,17-18H,5H2,1-4H3/b16-10-. The van der Waals surface area contributed by atoms with Gasteiger partial charge in [0.05, 0.1) is 23.4 Å². The summed E-state index contributed by atoms with van der Waals surface area (Å²) in [6.07, 6.45) is 3.76. The van der Waals surface area contributed by atoms with E-state index in [4.69, 9.17) is 14.5 Å². The van der Waals surface area contributed by atoms with Gasteiger partial charge in [0.25, 0.3) is 5.56 Å². The Morgan fingerprint density at radius 1 is 1.39 bits per heavy atom. The molecule has 3 atom stereocenters. The third-order valence-corrected chi connectivity index (χ3v) is 6.91. The number of thiazole rings is 1. The number of para-hydroxylation sites is 1. The Morgan fingerprint density at radius 2 is 2.16 bits per heavy atom. The Morgan fingerprint density at radius 3 is 2.87 bits per heavy atom. The molecule has 5 rings (SSSR count). The maximum atomic E-state index is 13.5. The van der Waals surface area contributed by atoms with Gasteiger partial charge in [-0.1, -0.05) is 29.5 Å². The Hall–Kier alpha value is -3.20. The number of rotatable bonds is 3. The van der Waals surface area contributed by atoms with Crippen molar-refractivity contribution in [2.45, 2.75) is 39.1 Å². The number of aryl methyl sites for hydroxylation is 2. The van der Waals surface area contributed by atoms with Crippen LogP contribution in [0.15, 0.2) is 40.2 Å². The van der Waals surface area contributed by atoms with E-state index in [1.54, 1.807) is 11.5 Å². The molecule has 3 unspecified atom stereocenters. The van der Waals surface area contributed by atoms with Gasteiger partial charge in [-0.2, -0.15) is 5.10 Å². The van der Waals surface area contributed by atoms with Crippen molar-refractivity contribution in [3.63, 3.8) is 0 Å². The molecule has 0 amide bonds. The second kappa shape index (κ2) is 6.91. The third kappa shape index (κ3) is 2.87. The van der Waals surface area contributed by atoms with Crippen LogP contribution >= 0.6 is 11.3 Å². The molecule has 3 aromatic rings. The van der Waals surface area contributed by atoms with E-state index < -0.39 is 23.7 Å². The lowest BCUT2D eigenvalue weighted by atomic mass is 9.81. The van der Waals surface area contributed by atoms with Crippen molar-refractivity contribution in [3.8, 4) is 5.75 Å². The molecular weight excluding hydrogens is 416 g/mol. The summed E-state index contributed by atoms with van der Waals surface area (Å²) in [5, 5.41) is 4.45. The minimum atomic E-state index is -1.16. The Labute approximate surface area is 182 Å². The SMILES string of the molecule is CCn1cc(/C=c2\sc3n(c2=O)C2c4ccccc4OC(C)(N=3)C2C(=O)OC)c(C)n1. The number of benzene rings is 1. The molecule has 2 aromatic heterocycles. The highest BCUT2D eigenvalue weighted by Crippen LogP contribution is 2.47. The van der Waals surface area contributed by atoms with E-state index in [0.29, 0.717) is 15.1 Å². The lowest BCUT2D eigenvalue weighted by molar-refractivity contribution is -0.158. The lowest BCUT2D eigenvalue weighted by Crippen LogP contribution is -2.58. The van der Waals surface area contributed by atoms with Gasteiger partial charge in [-0.05, 0) is 32.9 Å². The first-order valence-corrected chi connectivity index (χ1v) is 10.9. The molecule has 0 N–H and O–H groups in total. The summed E-state index contributed by atoms with van der Waals surface area (Å²) in [5.74, 6) is -0.613. The first-order chi connectivity index (χ1) is 14.9. The van der Waals surface area contributed by atoms with Gasteiger partial charge in [-0.25, -0.2) is 4.99 Å². The van der Waals surface area contributed by atoms with Gasteiger partial charge in [0.2, 0.25) is 5.72 Å². The zero-order valence-electron chi connectivity index (χ0n) is 17.7. The number of nitrogens with zero attached hydrogens (tertiary/aromatic N) is 4. The number of fused-ring (bicyclic) bond motifs is 6. The maximum Gasteiger partial charge on any atom is 0.317 e. The number of esters is 1. The highest BCUT2D eigenvalue weighted by atomic mass is 32.1. The molecule has 1 aromatic carbocycles. The summed E-state index contributed by atoms with van der Waals surface area (Å²) in [6, 6.07) is 6.90. The first-order valence-electron chi connectivity index (χ1n) is 10.1. The average Bonchev–Trinajstić information content (AvgIpc) is 3.25. The summed E-state index contributed by atoms with van der Waals surface area (Å²) in [7, 11) is 1.34. The average molecular weight is 439 g/mol. The topological polar surface area (TPSA) is 87.7 Å². The van der Waals surface area contributed by atoms with Gasteiger partial charge in [-0.3, -0.25) is 18.8 Å². The van der Waals surface area contributed by atoms with Crippen LogP contribution in [0, 0.1) is 12.8 Å². The van der Waals surface area contributed by atoms with E-state index in [0.717, 1.165) is 23.4 Å². The fraction of sp³-hybridized carbons (Fsp3) is 0.364. The molecule has 2 aliphatic rings. The molecule has 2 aliphatic heterocycles. The predicted molar refractivity (Wildman–Crippen MR) is 115 cm³/mol. The third-order valence-electron chi connectivity index (χ3n) is 5.93. The largest absolute Gasteiger partial charge is 0.469 e. The van der Waals surface area contributed by atoms with E-state index in [9.17, 15) is 9.59 Å². The van der Waals surface area contributed by atoms with Gasteiger partial charge in [0.1, 0.15) is 11.7 Å². The summed E-state index contributed by atoms with van der Waals surface area (Å²) < 4.78 is 15.3. The molecule has 0 saturated heterocycles. The van der Waals surface area contributed by atoms with Crippen molar-refractivity contribution < 1.29 is 14.3 Å². The number of aromatic nitrogens is 3. The first kappa shape index (κ1) is 19.7. The molecule has 8 nitrogen and oxygen atoms in total. The fourth-order valence-corrected chi connectivity index (χ4v) is 5.50. The molecular formula is C22H22N4O4S. The number of hydrogen-bond donors (Lipinski definition) is 0. The zero-order chi connectivity index (χ0) is 21.9. The second-order valence-corrected chi connectivity index (χ2v) is 8.86. The van der Waals surface area contributed by atoms with Crippen molar-refractivity contribution in [1.82, 2.24) is 14.3 Å². The molecule has 0 spiro atoms. The molecule has 0 fully saturated rings. The van der Waals surface area contributed by atoms with Gasteiger partial charge in [-0.15, -0.1) is 0 Å². The minimum Gasteiger partial charge on any atom is -0.469 e. The number of methoxy groups -OCH3 is 1. The van der Waals surface area contributed by atoms with Crippen LogP contribution in [0.4, 0.5) is 0 Å². The smallest absolute Gasteiger partial charge is 0.317 e. The second-order valence-electron chi connectivity index (χ2n) is 7.85. The van der Waals surface area contributed by atoms with Crippen LogP contribution in [0.5, 0.6) is 5.75 Å². The molecule has 0 aliphatic carbocycles. The highest BCUT2D eigenvalue weighted by Gasteiger charge is 2.55. The number of carbonyl (C=O) groups is 1. The van der Waals surface area contributed by atoms with Crippen molar-refractivity contribution in [1.29, 1.82) is 0 Å². The van der Waals surface area contributed by atoms with E-state index in [1.165, 1.54) is 18.4 Å². The van der Waals surface area contributed by atoms with Crippen LogP contribution in [0.25, 0.3) is 6.08 Å². The van der Waals surface area contributed by atoms with Crippen LogP contribution in [-0.4, -0.2) is 33.2 Å². The van der Waals surface area contributed by atoms with Crippen LogP contribution in [0.3, 0.4) is 0 Å². The summed E-state index contributed by atoms with van der Waals surface area (Å²) in [6.45, 7) is 6.45. The van der Waals surface area contributed by atoms with E-state index in [2.05, 4.69) is 5.10 Å². The number of carbonyl (C=O) groups excluding carboxylic acids is 1. The van der Waals surface area contributed by atoms with Gasteiger partial charge in [0, 0.05) is 23.9 Å². The monoisotopic (exact) mass is 438 g/mol. The predicted octanol–water partition coefficient (Wildman–Crippen LogP) is 1.38. The van der Waals surface area contributed by atoms with E-state index in [1.807, 2.05) is 55.1 Å². The van der Waals surface area contributed by atoms with Gasteiger partial charge >= 0.3 is 5.97 Å². The van der Waals surface area contributed by atoms with E-state index in [-0.39, 0.29) is 5.56 Å². The van der Waals surface area contributed by atoms with Crippen molar-refractivity contribution >= 4 is 23.4 Å². The highest BCUT2D eigenvalue weighted by molar-refractivity contribution is 7.07. The minimum absolute atomic E-state index is 0.190. The summed E-state index contributed by atoms with van der Waals surface area (Å²) in [5.41, 5.74) is 1.15. The molecule has 9 heteroatoms. The Balaban J connectivity index is 1.78. The lowest BCUT2D eigenvalue weighted by Gasteiger charge is -2.44. The molecule has 4 heterocycles. The summed E-state index contributed by atoms with van der Waals surface area (Å²) >= 11 is 1.29. The number of ether oxygens (including phenoxy) is 2. The van der Waals surface area contributed by atoms with Gasteiger partial charge < -0.3 is 9.47 Å². The normalized spacial score (nSPS) is 24.1. The fourth-order valence-electron chi connectivity index (χ4n) is 4.41. The van der Waals surface area contributed by atoms with Crippen LogP contribution in [-0.2, 0) is 16.1 Å². The Kier molecular flexibility index (Phi) is 4.40. The molecule has 0 radical (unpaired) electrons. The van der Waals surface area contributed by atoms with Crippen LogP contribution < -0.4 is 19.6 Å². The van der Waals surface area contributed by atoms with Crippen LogP contribution in [0.2, 0.25) is 0 Å². The molecule has 31 heavy (non-hydrogen) atoms. The van der Waals surface area contributed by atoms with E-state index >= 15 is 0 Å². The summed E-state index contributed by atoms with van der Waals surface area (Å²) in [4.78, 5) is 31.6. The maximum absolute atomic E-state index is 13.5. The van der Waals surface area contributed by atoms with Crippen LogP contribution in [0.1, 0.15) is 36.7 Å². The molecule has 2 bridgehead atoms. The van der Waals surface area contributed by atoms with Crippen molar-refractivity contribution in [2.24, 2.45) is 10.9 Å².